The number of carbonyl (C=O) groups is 1. The molecule has 4 nitrogen and oxygen atoms in total. The first-order valence-electron chi connectivity index (χ1n) is 5.38. The molecular weight excluding hydrogens is 192 g/mol. The van der Waals surface area contributed by atoms with Gasteiger partial charge in [0.05, 0.1) is 18.6 Å². The van der Waals surface area contributed by atoms with Gasteiger partial charge >= 0.3 is 0 Å². The summed E-state index contributed by atoms with van der Waals surface area (Å²) < 4.78 is 4.97. The summed E-state index contributed by atoms with van der Waals surface area (Å²) in [5, 5.41) is 6.14. The van der Waals surface area contributed by atoms with Crippen molar-refractivity contribution in [2.45, 2.75) is 31.8 Å². The number of furan rings is 1. The van der Waals surface area contributed by atoms with Crippen LogP contribution in [0.4, 0.5) is 0 Å². The maximum Gasteiger partial charge on any atom is 0.237 e. The lowest BCUT2D eigenvalue weighted by molar-refractivity contribution is -0.122. The van der Waals surface area contributed by atoms with E-state index in [1.807, 2.05) is 6.07 Å². The molecule has 0 saturated carbocycles. The van der Waals surface area contributed by atoms with Crippen LogP contribution >= 0.6 is 0 Å². The molecule has 0 spiro atoms. The minimum absolute atomic E-state index is 0.0533. The number of amides is 1. The standard InChI is InChI=1S/C11H16N2O2/c14-11-10(3-1-2-5-12-11)13-7-9-4-6-15-8-9/h4,6,8,10,13H,1-3,5,7H2,(H,12,14). The first-order chi connectivity index (χ1) is 7.36. The van der Waals surface area contributed by atoms with Gasteiger partial charge in [0.15, 0.2) is 0 Å². The van der Waals surface area contributed by atoms with Crippen molar-refractivity contribution in [2.24, 2.45) is 0 Å². The number of carbonyl (C=O) groups excluding carboxylic acids is 1. The molecule has 2 rings (SSSR count). The van der Waals surface area contributed by atoms with Crippen molar-refractivity contribution in [3.05, 3.63) is 24.2 Å². The molecule has 0 aromatic carbocycles. The van der Waals surface area contributed by atoms with Crippen LogP contribution in [-0.4, -0.2) is 18.5 Å². The molecule has 82 valence electrons. The summed E-state index contributed by atoms with van der Waals surface area (Å²) in [6.45, 7) is 1.50. The Morgan fingerprint density at radius 1 is 1.53 bits per heavy atom. The Morgan fingerprint density at radius 2 is 2.47 bits per heavy atom. The molecule has 2 N–H and O–H groups in total. The highest BCUT2D eigenvalue weighted by Crippen LogP contribution is 2.07. The largest absolute Gasteiger partial charge is 0.472 e. The van der Waals surface area contributed by atoms with Gasteiger partial charge in [0.1, 0.15) is 0 Å². The molecule has 0 bridgehead atoms. The first-order valence-corrected chi connectivity index (χ1v) is 5.38. The van der Waals surface area contributed by atoms with Gasteiger partial charge in [-0.25, -0.2) is 0 Å². The van der Waals surface area contributed by atoms with Gasteiger partial charge in [0.2, 0.25) is 5.91 Å². The molecule has 1 atom stereocenters. The fraction of sp³-hybridized carbons (Fsp3) is 0.545. The minimum Gasteiger partial charge on any atom is -0.472 e. The summed E-state index contributed by atoms with van der Waals surface area (Å²) in [5.41, 5.74) is 1.08. The quantitative estimate of drug-likeness (QED) is 0.780. The van der Waals surface area contributed by atoms with Crippen molar-refractivity contribution < 1.29 is 9.21 Å². The monoisotopic (exact) mass is 208 g/mol. The van der Waals surface area contributed by atoms with Crippen molar-refractivity contribution >= 4 is 5.91 Å². The average Bonchev–Trinajstić information content (AvgIpc) is 2.67. The fourth-order valence-electron chi connectivity index (χ4n) is 1.77. The molecule has 0 aliphatic carbocycles. The normalized spacial score (nSPS) is 22.1. The molecule has 1 saturated heterocycles. The van der Waals surface area contributed by atoms with E-state index in [2.05, 4.69) is 10.6 Å². The van der Waals surface area contributed by atoms with E-state index in [0.29, 0.717) is 6.54 Å². The van der Waals surface area contributed by atoms with Crippen LogP contribution in [0.1, 0.15) is 24.8 Å². The van der Waals surface area contributed by atoms with Crippen LogP contribution < -0.4 is 10.6 Å². The van der Waals surface area contributed by atoms with Gasteiger partial charge in [-0.2, -0.15) is 0 Å². The van der Waals surface area contributed by atoms with Crippen LogP contribution in [0.3, 0.4) is 0 Å². The van der Waals surface area contributed by atoms with E-state index in [1.165, 1.54) is 0 Å². The molecule has 1 aliphatic rings. The Kier molecular flexibility index (Phi) is 3.40. The van der Waals surface area contributed by atoms with E-state index in [1.54, 1.807) is 12.5 Å². The summed E-state index contributed by atoms with van der Waals surface area (Å²) in [4.78, 5) is 11.6. The van der Waals surface area contributed by atoms with E-state index in [9.17, 15) is 4.79 Å². The van der Waals surface area contributed by atoms with Crippen molar-refractivity contribution in [3.8, 4) is 0 Å². The van der Waals surface area contributed by atoms with Gasteiger partial charge < -0.3 is 15.1 Å². The summed E-state index contributed by atoms with van der Waals surface area (Å²) in [6, 6.07) is 1.85. The fourth-order valence-corrected chi connectivity index (χ4v) is 1.77. The Bertz CT molecular complexity index is 308. The maximum absolute atomic E-state index is 11.6. The van der Waals surface area contributed by atoms with Gasteiger partial charge in [-0.05, 0) is 25.3 Å². The van der Waals surface area contributed by atoms with Crippen molar-refractivity contribution in [1.29, 1.82) is 0 Å². The molecular formula is C11H16N2O2. The predicted octanol–water partition coefficient (Wildman–Crippen LogP) is 1.04. The van der Waals surface area contributed by atoms with E-state index < -0.39 is 0 Å². The van der Waals surface area contributed by atoms with Gasteiger partial charge in [-0.1, -0.05) is 0 Å². The number of nitrogens with one attached hydrogen (secondary N) is 2. The SMILES string of the molecule is O=C1NCCCCC1NCc1ccoc1. The molecule has 15 heavy (non-hydrogen) atoms. The van der Waals surface area contributed by atoms with E-state index >= 15 is 0 Å². The van der Waals surface area contributed by atoms with Gasteiger partial charge in [0.25, 0.3) is 0 Å². The molecule has 1 fully saturated rings. The lowest BCUT2D eigenvalue weighted by Gasteiger charge is -2.14. The average molecular weight is 208 g/mol. The third-order valence-corrected chi connectivity index (χ3v) is 2.67. The zero-order valence-electron chi connectivity index (χ0n) is 8.66. The first kappa shape index (κ1) is 10.2. The third kappa shape index (κ3) is 2.83. The summed E-state index contributed by atoms with van der Waals surface area (Å²) in [7, 11) is 0. The lowest BCUT2D eigenvalue weighted by atomic mass is 10.1. The summed E-state index contributed by atoms with van der Waals surface area (Å²) in [5.74, 6) is 0.121. The third-order valence-electron chi connectivity index (χ3n) is 2.67. The highest BCUT2D eigenvalue weighted by Gasteiger charge is 2.19. The maximum atomic E-state index is 11.6. The zero-order chi connectivity index (χ0) is 10.5. The minimum atomic E-state index is -0.0533. The highest BCUT2D eigenvalue weighted by atomic mass is 16.3. The van der Waals surface area contributed by atoms with E-state index in [-0.39, 0.29) is 11.9 Å². The Hall–Kier alpha value is -1.29. The van der Waals surface area contributed by atoms with Gasteiger partial charge in [-0.15, -0.1) is 0 Å². The number of hydrogen-bond acceptors (Lipinski definition) is 3. The van der Waals surface area contributed by atoms with E-state index in [4.69, 9.17) is 4.42 Å². The van der Waals surface area contributed by atoms with Gasteiger partial charge in [0, 0.05) is 18.7 Å². The topological polar surface area (TPSA) is 54.3 Å². The van der Waals surface area contributed by atoms with E-state index in [0.717, 1.165) is 31.4 Å². The number of rotatable bonds is 3. The second kappa shape index (κ2) is 4.98. The lowest BCUT2D eigenvalue weighted by Crippen LogP contribution is -2.42. The van der Waals surface area contributed by atoms with Gasteiger partial charge in [-0.3, -0.25) is 4.79 Å². The van der Waals surface area contributed by atoms with Crippen LogP contribution in [0, 0.1) is 0 Å². The van der Waals surface area contributed by atoms with Crippen molar-refractivity contribution in [3.63, 3.8) is 0 Å². The van der Waals surface area contributed by atoms with Crippen molar-refractivity contribution in [2.75, 3.05) is 6.54 Å². The molecule has 1 amide bonds. The second-order valence-electron chi connectivity index (χ2n) is 3.85. The Morgan fingerprint density at radius 3 is 3.27 bits per heavy atom. The molecule has 2 heterocycles. The van der Waals surface area contributed by atoms with Crippen molar-refractivity contribution in [1.82, 2.24) is 10.6 Å². The molecule has 1 aromatic rings. The molecule has 1 unspecified atom stereocenters. The Balaban J connectivity index is 1.84. The van der Waals surface area contributed by atoms with Crippen LogP contribution in [0.5, 0.6) is 0 Å². The zero-order valence-corrected chi connectivity index (χ0v) is 8.66. The van der Waals surface area contributed by atoms with Crippen LogP contribution in [0.15, 0.2) is 23.0 Å². The molecule has 0 radical (unpaired) electrons. The van der Waals surface area contributed by atoms with Crippen LogP contribution in [0.25, 0.3) is 0 Å². The molecule has 4 heteroatoms. The molecule has 1 aromatic heterocycles. The number of hydrogen-bond donors (Lipinski definition) is 2. The van der Waals surface area contributed by atoms with Crippen LogP contribution in [0.2, 0.25) is 0 Å². The predicted molar refractivity (Wildman–Crippen MR) is 56.2 cm³/mol. The summed E-state index contributed by atoms with van der Waals surface area (Å²) in [6.07, 6.45) is 6.44. The smallest absolute Gasteiger partial charge is 0.237 e. The Labute approximate surface area is 89.0 Å². The second-order valence-corrected chi connectivity index (χ2v) is 3.85. The summed E-state index contributed by atoms with van der Waals surface area (Å²) >= 11 is 0. The van der Waals surface area contributed by atoms with Crippen LogP contribution in [-0.2, 0) is 11.3 Å². The highest BCUT2D eigenvalue weighted by molar-refractivity contribution is 5.81. The molecule has 1 aliphatic heterocycles.